The number of hydrogen-bond donors (Lipinski definition) is 1. The third-order valence-electron chi connectivity index (χ3n) is 2.76. The number of nitrogens with one attached hydrogen (secondary N) is 1. The Labute approximate surface area is 127 Å². The number of aromatic nitrogens is 1. The summed E-state index contributed by atoms with van der Waals surface area (Å²) in [5, 5.41) is 3.11. The Morgan fingerprint density at radius 2 is 1.90 bits per heavy atom. The minimum absolute atomic E-state index is 0.0827. The topological polar surface area (TPSA) is 62.3 Å². The first-order valence-corrected chi connectivity index (χ1v) is 6.66. The van der Waals surface area contributed by atoms with Crippen LogP contribution in [-0.4, -0.2) is 35.3 Å². The van der Waals surface area contributed by atoms with Gasteiger partial charge in [0.15, 0.2) is 0 Å². The lowest BCUT2D eigenvalue weighted by Crippen LogP contribution is -2.35. The van der Waals surface area contributed by atoms with Gasteiger partial charge in [-0.05, 0) is 24.3 Å². The Morgan fingerprint density at radius 3 is 2.57 bits per heavy atom. The van der Waals surface area contributed by atoms with Crippen molar-refractivity contribution in [3.63, 3.8) is 0 Å². The van der Waals surface area contributed by atoms with Crippen LogP contribution in [0.15, 0.2) is 48.7 Å². The molecular weight excluding hydrogens is 290 g/mol. The maximum Gasteiger partial charge on any atom is 0.272 e. The van der Waals surface area contributed by atoms with E-state index in [2.05, 4.69) is 10.3 Å². The van der Waals surface area contributed by atoms with Gasteiger partial charge in [0.1, 0.15) is 5.69 Å². The van der Waals surface area contributed by atoms with Crippen molar-refractivity contribution in [2.45, 2.75) is 0 Å². The quantitative estimate of drug-likeness (QED) is 0.943. The van der Waals surface area contributed by atoms with Crippen LogP contribution >= 0.6 is 11.6 Å². The van der Waals surface area contributed by atoms with E-state index in [-0.39, 0.29) is 18.4 Å². The second kappa shape index (κ2) is 6.85. The maximum atomic E-state index is 12.1. The van der Waals surface area contributed by atoms with Crippen LogP contribution in [0.2, 0.25) is 5.02 Å². The Hall–Kier alpha value is -2.40. The van der Waals surface area contributed by atoms with Gasteiger partial charge in [0.25, 0.3) is 5.91 Å². The average molecular weight is 304 g/mol. The summed E-state index contributed by atoms with van der Waals surface area (Å²) in [5.74, 6) is -0.639. The molecule has 0 bridgehead atoms. The van der Waals surface area contributed by atoms with E-state index >= 15 is 0 Å². The number of carbonyl (C=O) groups excluding carboxylic acids is 2. The van der Waals surface area contributed by atoms with Gasteiger partial charge < -0.3 is 10.2 Å². The highest BCUT2D eigenvalue weighted by Gasteiger charge is 2.16. The van der Waals surface area contributed by atoms with Gasteiger partial charge in [0.2, 0.25) is 5.91 Å². The molecule has 6 heteroatoms. The highest BCUT2D eigenvalue weighted by molar-refractivity contribution is 6.33. The maximum absolute atomic E-state index is 12.1. The lowest BCUT2D eigenvalue weighted by molar-refractivity contribution is -0.116. The van der Waals surface area contributed by atoms with Gasteiger partial charge in [-0.25, -0.2) is 0 Å². The van der Waals surface area contributed by atoms with Gasteiger partial charge in [0.05, 0.1) is 17.3 Å². The van der Waals surface area contributed by atoms with E-state index in [1.165, 1.54) is 11.1 Å². The van der Waals surface area contributed by atoms with Crippen LogP contribution in [-0.2, 0) is 4.79 Å². The molecule has 1 aromatic carbocycles. The molecule has 0 fully saturated rings. The number of nitrogens with zero attached hydrogens (tertiary/aromatic N) is 2. The zero-order chi connectivity index (χ0) is 15.2. The minimum atomic E-state index is -0.324. The Kier molecular flexibility index (Phi) is 4.90. The minimum Gasteiger partial charge on any atom is -0.331 e. The van der Waals surface area contributed by atoms with Gasteiger partial charge in [-0.15, -0.1) is 0 Å². The molecule has 0 spiro atoms. The number of pyridine rings is 1. The van der Waals surface area contributed by atoms with Crippen molar-refractivity contribution >= 4 is 29.1 Å². The van der Waals surface area contributed by atoms with Crippen LogP contribution in [0.3, 0.4) is 0 Å². The zero-order valence-electron chi connectivity index (χ0n) is 11.4. The van der Waals surface area contributed by atoms with Crippen molar-refractivity contribution in [3.8, 4) is 0 Å². The summed E-state index contributed by atoms with van der Waals surface area (Å²) in [4.78, 5) is 29.2. The third kappa shape index (κ3) is 4.03. The van der Waals surface area contributed by atoms with Crippen LogP contribution in [0.1, 0.15) is 10.5 Å². The SMILES string of the molecule is CN(CC(=O)Nc1ccccc1Cl)C(=O)c1ccccn1. The monoisotopic (exact) mass is 303 g/mol. The molecule has 1 aromatic heterocycles. The summed E-state index contributed by atoms with van der Waals surface area (Å²) < 4.78 is 0. The van der Waals surface area contributed by atoms with Crippen molar-refractivity contribution in [2.75, 3.05) is 18.9 Å². The molecule has 108 valence electrons. The fourth-order valence-corrected chi connectivity index (χ4v) is 1.91. The van der Waals surface area contributed by atoms with Crippen LogP contribution in [0, 0.1) is 0 Å². The molecule has 0 aliphatic carbocycles. The zero-order valence-corrected chi connectivity index (χ0v) is 12.2. The average Bonchev–Trinajstić information content (AvgIpc) is 2.49. The predicted molar refractivity (Wildman–Crippen MR) is 81.3 cm³/mol. The fraction of sp³-hybridized carbons (Fsp3) is 0.133. The van der Waals surface area contributed by atoms with Crippen molar-refractivity contribution in [2.24, 2.45) is 0 Å². The molecule has 0 radical (unpaired) electrons. The molecule has 2 aromatic rings. The van der Waals surface area contributed by atoms with E-state index in [4.69, 9.17) is 11.6 Å². The summed E-state index contributed by atoms with van der Waals surface area (Å²) in [5.41, 5.74) is 0.813. The number of amides is 2. The molecule has 0 aliphatic rings. The molecule has 0 aliphatic heterocycles. The Morgan fingerprint density at radius 1 is 1.19 bits per heavy atom. The van der Waals surface area contributed by atoms with Crippen LogP contribution in [0.4, 0.5) is 5.69 Å². The first kappa shape index (κ1) is 15.0. The Balaban J connectivity index is 1.97. The lowest BCUT2D eigenvalue weighted by atomic mass is 10.3. The van der Waals surface area contributed by atoms with E-state index in [0.29, 0.717) is 16.4 Å². The van der Waals surface area contributed by atoms with E-state index < -0.39 is 0 Å². The number of hydrogen-bond acceptors (Lipinski definition) is 3. The summed E-state index contributed by atoms with van der Waals surface area (Å²) in [6, 6.07) is 12.0. The van der Waals surface area contributed by atoms with E-state index in [0.717, 1.165) is 0 Å². The molecule has 5 nitrogen and oxygen atoms in total. The van der Waals surface area contributed by atoms with Gasteiger partial charge >= 0.3 is 0 Å². The summed E-state index contributed by atoms with van der Waals surface area (Å²) in [6.45, 7) is -0.0827. The number of para-hydroxylation sites is 1. The summed E-state index contributed by atoms with van der Waals surface area (Å²) in [7, 11) is 1.54. The largest absolute Gasteiger partial charge is 0.331 e. The first-order valence-electron chi connectivity index (χ1n) is 6.29. The van der Waals surface area contributed by atoms with Gasteiger partial charge in [0, 0.05) is 13.2 Å². The number of halogens is 1. The standard InChI is InChI=1S/C15H14ClN3O2/c1-19(15(21)13-8-4-5-9-17-13)10-14(20)18-12-7-3-2-6-11(12)16/h2-9H,10H2,1H3,(H,18,20). The highest BCUT2D eigenvalue weighted by Crippen LogP contribution is 2.20. The normalized spacial score (nSPS) is 10.0. The molecule has 1 N–H and O–H groups in total. The number of rotatable bonds is 4. The highest BCUT2D eigenvalue weighted by atomic mass is 35.5. The fourth-order valence-electron chi connectivity index (χ4n) is 1.72. The molecule has 1 heterocycles. The number of anilines is 1. The molecule has 0 saturated heterocycles. The van der Waals surface area contributed by atoms with E-state index in [1.807, 2.05) is 0 Å². The number of likely N-dealkylation sites (N-methyl/N-ethyl adjacent to an activating group) is 1. The molecule has 0 atom stereocenters. The van der Waals surface area contributed by atoms with Crippen LogP contribution in [0.5, 0.6) is 0 Å². The summed E-state index contributed by atoms with van der Waals surface area (Å²) >= 11 is 5.96. The second-order valence-electron chi connectivity index (χ2n) is 4.40. The van der Waals surface area contributed by atoms with Gasteiger partial charge in [-0.1, -0.05) is 29.8 Å². The molecule has 2 rings (SSSR count). The predicted octanol–water partition coefficient (Wildman–Crippen LogP) is 2.45. The molecule has 0 saturated carbocycles. The number of carbonyl (C=O) groups is 2. The second-order valence-corrected chi connectivity index (χ2v) is 4.81. The molecule has 0 unspecified atom stereocenters. The van der Waals surface area contributed by atoms with Crippen molar-refractivity contribution in [1.29, 1.82) is 0 Å². The molecular formula is C15H14ClN3O2. The van der Waals surface area contributed by atoms with E-state index in [1.54, 1.807) is 49.5 Å². The lowest BCUT2D eigenvalue weighted by Gasteiger charge is -2.16. The van der Waals surface area contributed by atoms with Crippen molar-refractivity contribution in [3.05, 3.63) is 59.4 Å². The van der Waals surface area contributed by atoms with Crippen molar-refractivity contribution in [1.82, 2.24) is 9.88 Å². The van der Waals surface area contributed by atoms with Crippen LogP contribution in [0.25, 0.3) is 0 Å². The molecule has 2 amide bonds. The number of benzene rings is 1. The van der Waals surface area contributed by atoms with Gasteiger partial charge in [-0.2, -0.15) is 0 Å². The Bertz CT molecular complexity index is 646. The van der Waals surface area contributed by atoms with Crippen molar-refractivity contribution < 1.29 is 9.59 Å². The van der Waals surface area contributed by atoms with E-state index in [9.17, 15) is 9.59 Å². The van der Waals surface area contributed by atoms with Gasteiger partial charge in [-0.3, -0.25) is 14.6 Å². The first-order chi connectivity index (χ1) is 10.1. The third-order valence-corrected chi connectivity index (χ3v) is 3.09. The summed E-state index contributed by atoms with van der Waals surface area (Å²) in [6.07, 6.45) is 1.53. The smallest absolute Gasteiger partial charge is 0.272 e. The van der Waals surface area contributed by atoms with Crippen LogP contribution < -0.4 is 5.32 Å². The molecule has 21 heavy (non-hydrogen) atoms.